The third-order valence-electron chi connectivity index (χ3n) is 3.04. The van der Waals surface area contributed by atoms with Crippen LogP contribution in [-0.2, 0) is 9.84 Å². The molecule has 0 radical (unpaired) electrons. The van der Waals surface area contributed by atoms with Gasteiger partial charge in [-0.15, -0.1) is 0 Å². The first-order chi connectivity index (χ1) is 6.71. The minimum Gasteiger partial charge on any atom is -0.325 e. The molecular weight excluding hydrogens is 210 g/mol. The normalized spacial score (nSPS) is 29.1. The fraction of sp³-hybridized carbons (Fsp3) is 1.00. The van der Waals surface area contributed by atoms with Crippen LogP contribution >= 0.6 is 0 Å². The molecule has 0 bridgehead atoms. The maximum Gasteiger partial charge on any atom is 0.154 e. The van der Waals surface area contributed by atoms with Crippen molar-refractivity contribution < 1.29 is 8.42 Å². The average Bonchev–Trinajstić information content (AvgIpc) is 2.00. The Balaban J connectivity index is 2.63. The molecule has 15 heavy (non-hydrogen) atoms. The van der Waals surface area contributed by atoms with Crippen molar-refractivity contribution in [2.24, 2.45) is 11.7 Å². The van der Waals surface area contributed by atoms with E-state index in [1.807, 2.05) is 0 Å². The Morgan fingerprint density at radius 2 is 1.67 bits per heavy atom. The molecule has 0 aromatic heterocycles. The highest BCUT2D eigenvalue weighted by molar-refractivity contribution is 7.92. The highest BCUT2D eigenvalue weighted by Crippen LogP contribution is 2.29. The summed E-state index contributed by atoms with van der Waals surface area (Å²) in [5.74, 6) is 0.793. The molecule has 0 unspecified atom stereocenters. The molecule has 0 aromatic carbocycles. The lowest BCUT2D eigenvalue weighted by Crippen LogP contribution is -2.43. The summed E-state index contributed by atoms with van der Waals surface area (Å²) in [6.07, 6.45) is 3.71. The number of rotatable bonds is 3. The molecule has 2 N–H and O–H groups in total. The molecule has 0 heterocycles. The van der Waals surface area contributed by atoms with E-state index in [2.05, 4.69) is 6.92 Å². The van der Waals surface area contributed by atoms with Crippen LogP contribution in [0.2, 0.25) is 0 Å². The van der Waals surface area contributed by atoms with Crippen molar-refractivity contribution in [2.75, 3.05) is 5.75 Å². The zero-order valence-electron chi connectivity index (χ0n) is 9.99. The van der Waals surface area contributed by atoms with Crippen LogP contribution in [0.15, 0.2) is 0 Å². The van der Waals surface area contributed by atoms with Gasteiger partial charge in [0.15, 0.2) is 9.84 Å². The average molecular weight is 233 g/mol. The summed E-state index contributed by atoms with van der Waals surface area (Å²) in [6.45, 7) is 5.74. The van der Waals surface area contributed by atoms with Crippen LogP contribution in [-0.4, -0.2) is 25.0 Å². The second-order valence-corrected chi connectivity index (χ2v) is 7.96. The second-order valence-electron chi connectivity index (χ2n) is 5.68. The molecule has 0 spiro atoms. The van der Waals surface area contributed by atoms with Gasteiger partial charge in [0.25, 0.3) is 0 Å². The summed E-state index contributed by atoms with van der Waals surface area (Å²) in [7, 11) is -2.99. The van der Waals surface area contributed by atoms with Gasteiger partial charge in [-0.2, -0.15) is 0 Å². The van der Waals surface area contributed by atoms with Crippen molar-refractivity contribution in [3.05, 3.63) is 0 Å². The molecule has 1 fully saturated rings. The van der Waals surface area contributed by atoms with Crippen LogP contribution in [0.25, 0.3) is 0 Å². The maximum absolute atomic E-state index is 12.0. The monoisotopic (exact) mass is 233 g/mol. The van der Waals surface area contributed by atoms with E-state index < -0.39 is 15.4 Å². The minimum atomic E-state index is -2.99. The molecule has 1 saturated carbocycles. The quantitative estimate of drug-likeness (QED) is 0.807. The number of hydrogen-bond acceptors (Lipinski definition) is 3. The van der Waals surface area contributed by atoms with Gasteiger partial charge >= 0.3 is 0 Å². The summed E-state index contributed by atoms with van der Waals surface area (Å²) < 4.78 is 24.1. The van der Waals surface area contributed by atoms with Crippen LogP contribution in [0, 0.1) is 5.92 Å². The summed E-state index contributed by atoms with van der Waals surface area (Å²) in [5, 5.41) is -0.142. The first-order valence-corrected chi connectivity index (χ1v) is 7.43. The van der Waals surface area contributed by atoms with Crippen molar-refractivity contribution in [1.82, 2.24) is 0 Å². The molecule has 0 aliphatic heterocycles. The fourth-order valence-corrected chi connectivity index (χ4v) is 4.49. The molecule has 0 amide bonds. The first kappa shape index (κ1) is 13.0. The van der Waals surface area contributed by atoms with Gasteiger partial charge in [-0.1, -0.05) is 6.92 Å². The van der Waals surface area contributed by atoms with E-state index in [4.69, 9.17) is 5.73 Å². The Kier molecular flexibility index (Phi) is 3.82. The lowest BCUT2D eigenvalue weighted by molar-refractivity contribution is 0.380. The first-order valence-electron chi connectivity index (χ1n) is 5.71. The lowest BCUT2D eigenvalue weighted by atomic mass is 9.91. The summed E-state index contributed by atoms with van der Waals surface area (Å²) in [6, 6.07) is 0. The van der Waals surface area contributed by atoms with Crippen molar-refractivity contribution in [2.45, 2.75) is 57.2 Å². The highest BCUT2D eigenvalue weighted by Gasteiger charge is 2.32. The zero-order chi connectivity index (χ0) is 11.7. The number of nitrogens with two attached hydrogens (primary N) is 1. The number of hydrogen-bond donors (Lipinski definition) is 1. The van der Waals surface area contributed by atoms with E-state index in [-0.39, 0.29) is 11.0 Å². The summed E-state index contributed by atoms with van der Waals surface area (Å²) in [5.41, 5.74) is 5.17. The van der Waals surface area contributed by atoms with Gasteiger partial charge in [0, 0.05) is 5.54 Å². The SMILES string of the molecule is CC1CCC(S(=O)(=O)CC(C)(C)N)CC1. The smallest absolute Gasteiger partial charge is 0.154 e. The topological polar surface area (TPSA) is 60.2 Å². The predicted octanol–water partition coefficient (Wildman–Crippen LogP) is 1.72. The van der Waals surface area contributed by atoms with Crippen molar-refractivity contribution in [1.29, 1.82) is 0 Å². The summed E-state index contributed by atoms with van der Waals surface area (Å²) in [4.78, 5) is 0. The van der Waals surface area contributed by atoms with Crippen LogP contribution in [0.1, 0.15) is 46.5 Å². The van der Waals surface area contributed by atoms with E-state index in [1.54, 1.807) is 13.8 Å². The zero-order valence-corrected chi connectivity index (χ0v) is 10.8. The van der Waals surface area contributed by atoms with Gasteiger partial charge in [-0.25, -0.2) is 8.42 Å². The molecule has 4 heteroatoms. The maximum atomic E-state index is 12.0. The van der Waals surface area contributed by atoms with Crippen LogP contribution in [0.4, 0.5) is 0 Å². The Labute approximate surface area is 93.3 Å². The fourth-order valence-electron chi connectivity index (χ4n) is 2.22. The number of sulfone groups is 1. The molecule has 0 atom stereocenters. The van der Waals surface area contributed by atoms with Crippen molar-refractivity contribution in [3.63, 3.8) is 0 Å². The van der Waals surface area contributed by atoms with E-state index in [0.29, 0.717) is 5.92 Å². The van der Waals surface area contributed by atoms with Gasteiger partial charge < -0.3 is 5.73 Å². The van der Waals surface area contributed by atoms with Crippen molar-refractivity contribution >= 4 is 9.84 Å². The third kappa shape index (κ3) is 4.11. The molecule has 0 aromatic rings. The van der Waals surface area contributed by atoms with E-state index >= 15 is 0 Å². The molecule has 1 aliphatic carbocycles. The highest BCUT2D eigenvalue weighted by atomic mass is 32.2. The largest absolute Gasteiger partial charge is 0.325 e. The van der Waals surface area contributed by atoms with E-state index in [0.717, 1.165) is 25.7 Å². The molecule has 1 rings (SSSR count). The molecule has 1 aliphatic rings. The minimum absolute atomic E-state index is 0.110. The Morgan fingerprint density at radius 1 is 1.20 bits per heavy atom. The molecular formula is C11H23NO2S. The lowest BCUT2D eigenvalue weighted by Gasteiger charge is -2.28. The van der Waals surface area contributed by atoms with Crippen molar-refractivity contribution in [3.8, 4) is 0 Å². The van der Waals surface area contributed by atoms with Crippen LogP contribution in [0.5, 0.6) is 0 Å². The van der Waals surface area contributed by atoms with Gasteiger partial charge in [-0.3, -0.25) is 0 Å². The Hall–Kier alpha value is -0.0900. The Morgan fingerprint density at radius 3 is 2.07 bits per heavy atom. The third-order valence-corrected chi connectivity index (χ3v) is 5.68. The van der Waals surface area contributed by atoms with Gasteiger partial charge in [0.1, 0.15) is 0 Å². The second kappa shape index (κ2) is 4.42. The van der Waals surface area contributed by atoms with E-state index in [9.17, 15) is 8.42 Å². The standard InChI is InChI=1S/C11H23NO2S/c1-9-4-6-10(7-5-9)15(13,14)8-11(2,3)12/h9-10H,4-8,12H2,1-3H3. The van der Waals surface area contributed by atoms with Gasteiger partial charge in [0.05, 0.1) is 11.0 Å². The van der Waals surface area contributed by atoms with Crippen LogP contribution < -0.4 is 5.73 Å². The molecule has 90 valence electrons. The van der Waals surface area contributed by atoms with E-state index in [1.165, 1.54) is 0 Å². The molecule has 0 saturated heterocycles. The Bertz CT molecular complexity index is 295. The van der Waals surface area contributed by atoms with Crippen LogP contribution in [0.3, 0.4) is 0 Å². The van der Waals surface area contributed by atoms with Gasteiger partial charge in [-0.05, 0) is 45.4 Å². The van der Waals surface area contributed by atoms with Gasteiger partial charge in [0.2, 0.25) is 0 Å². The summed E-state index contributed by atoms with van der Waals surface area (Å²) >= 11 is 0. The predicted molar refractivity (Wildman–Crippen MR) is 63.5 cm³/mol. The molecule has 3 nitrogen and oxygen atoms in total.